The minimum atomic E-state index is -0.322. The van der Waals surface area contributed by atoms with Gasteiger partial charge in [-0.15, -0.1) is 0 Å². The summed E-state index contributed by atoms with van der Waals surface area (Å²) in [7, 11) is 4.35. The van der Waals surface area contributed by atoms with E-state index in [9.17, 15) is 9.90 Å². The standard InChI is InChI=1S/C18H16O6/c1-21-11-6-4-10(5-7-11)13-8-12(19)16-14(24-13)9-15(22-2)17(20)18(16)23-3/h4-9,20H,1-3H3. The van der Waals surface area contributed by atoms with Crippen LogP contribution in [0.25, 0.3) is 22.3 Å². The predicted molar refractivity (Wildman–Crippen MR) is 89.2 cm³/mol. The Morgan fingerprint density at radius 3 is 2.25 bits per heavy atom. The molecule has 6 nitrogen and oxygen atoms in total. The molecule has 3 rings (SSSR count). The van der Waals surface area contributed by atoms with Crippen LogP contribution in [0.5, 0.6) is 23.0 Å². The molecule has 24 heavy (non-hydrogen) atoms. The lowest BCUT2D eigenvalue weighted by atomic mass is 10.1. The highest BCUT2D eigenvalue weighted by Gasteiger charge is 2.19. The third-order valence-corrected chi connectivity index (χ3v) is 3.71. The maximum atomic E-state index is 12.5. The molecule has 0 saturated carbocycles. The highest BCUT2D eigenvalue weighted by molar-refractivity contribution is 5.89. The van der Waals surface area contributed by atoms with Crippen molar-refractivity contribution in [2.24, 2.45) is 0 Å². The van der Waals surface area contributed by atoms with Crippen LogP contribution in [0.3, 0.4) is 0 Å². The summed E-state index contributed by atoms with van der Waals surface area (Å²) in [5, 5.41) is 10.3. The van der Waals surface area contributed by atoms with Gasteiger partial charge < -0.3 is 23.7 Å². The topological polar surface area (TPSA) is 78.1 Å². The van der Waals surface area contributed by atoms with Gasteiger partial charge in [0.15, 0.2) is 16.9 Å². The Balaban J connectivity index is 2.26. The van der Waals surface area contributed by atoms with Crippen LogP contribution in [0.1, 0.15) is 0 Å². The van der Waals surface area contributed by atoms with Gasteiger partial charge in [0.1, 0.15) is 22.5 Å². The zero-order valence-electron chi connectivity index (χ0n) is 13.5. The molecule has 1 aromatic heterocycles. The molecule has 0 saturated heterocycles. The van der Waals surface area contributed by atoms with E-state index in [1.165, 1.54) is 26.4 Å². The molecule has 0 fully saturated rings. The normalized spacial score (nSPS) is 10.6. The number of rotatable bonds is 4. The number of benzene rings is 2. The van der Waals surface area contributed by atoms with E-state index < -0.39 is 0 Å². The highest BCUT2D eigenvalue weighted by Crippen LogP contribution is 2.41. The van der Waals surface area contributed by atoms with Crippen molar-refractivity contribution < 1.29 is 23.7 Å². The van der Waals surface area contributed by atoms with Crippen molar-refractivity contribution in [3.63, 3.8) is 0 Å². The third-order valence-electron chi connectivity index (χ3n) is 3.71. The van der Waals surface area contributed by atoms with E-state index in [1.54, 1.807) is 31.4 Å². The lowest BCUT2D eigenvalue weighted by Crippen LogP contribution is -2.03. The van der Waals surface area contributed by atoms with Gasteiger partial charge in [-0.3, -0.25) is 4.79 Å². The Hall–Kier alpha value is -3.15. The number of phenols is 1. The second-order valence-electron chi connectivity index (χ2n) is 5.04. The molecule has 0 spiro atoms. The van der Waals surface area contributed by atoms with E-state index in [2.05, 4.69) is 0 Å². The summed E-state index contributed by atoms with van der Waals surface area (Å²) in [5.41, 5.74) is 0.664. The van der Waals surface area contributed by atoms with Gasteiger partial charge in [0.05, 0.1) is 21.3 Å². The number of hydrogen-bond acceptors (Lipinski definition) is 6. The number of phenolic OH excluding ortho intramolecular Hbond substituents is 1. The molecule has 0 aliphatic heterocycles. The summed E-state index contributed by atoms with van der Waals surface area (Å²) in [4.78, 5) is 12.5. The summed E-state index contributed by atoms with van der Waals surface area (Å²) in [6.45, 7) is 0. The zero-order chi connectivity index (χ0) is 17.3. The molecule has 0 unspecified atom stereocenters. The van der Waals surface area contributed by atoms with Crippen LogP contribution in [-0.2, 0) is 0 Å². The van der Waals surface area contributed by atoms with Gasteiger partial charge in [0.2, 0.25) is 5.75 Å². The van der Waals surface area contributed by atoms with Crippen molar-refractivity contribution in [2.45, 2.75) is 0 Å². The number of hydrogen-bond donors (Lipinski definition) is 1. The molecule has 2 aromatic carbocycles. The molecule has 0 atom stereocenters. The first-order chi connectivity index (χ1) is 11.6. The Morgan fingerprint density at radius 2 is 1.67 bits per heavy atom. The number of ether oxygens (including phenoxy) is 3. The molecule has 124 valence electrons. The molecule has 1 N–H and O–H groups in total. The number of methoxy groups -OCH3 is 3. The molecule has 0 amide bonds. The average molecular weight is 328 g/mol. The minimum absolute atomic E-state index is 0.0272. The van der Waals surface area contributed by atoms with Crippen LogP contribution in [0.15, 0.2) is 45.6 Å². The van der Waals surface area contributed by atoms with Gasteiger partial charge in [-0.05, 0) is 24.3 Å². The average Bonchev–Trinajstić information content (AvgIpc) is 2.61. The van der Waals surface area contributed by atoms with Crippen LogP contribution in [0.2, 0.25) is 0 Å². The molecule has 6 heteroatoms. The number of aromatic hydroxyl groups is 1. The summed E-state index contributed by atoms with van der Waals surface area (Å²) >= 11 is 0. The predicted octanol–water partition coefficient (Wildman–Crippen LogP) is 3.19. The Labute approximate surface area is 137 Å². The molecule has 0 aliphatic carbocycles. The maximum Gasteiger partial charge on any atom is 0.201 e. The van der Waals surface area contributed by atoms with Gasteiger partial charge >= 0.3 is 0 Å². The quantitative estimate of drug-likeness (QED) is 0.792. The van der Waals surface area contributed by atoms with E-state index in [0.29, 0.717) is 11.5 Å². The lowest BCUT2D eigenvalue weighted by Gasteiger charge is -2.11. The molecular weight excluding hydrogens is 312 g/mol. The Morgan fingerprint density at radius 1 is 0.958 bits per heavy atom. The van der Waals surface area contributed by atoms with Crippen molar-refractivity contribution in [3.8, 4) is 34.3 Å². The van der Waals surface area contributed by atoms with Gasteiger partial charge in [-0.2, -0.15) is 0 Å². The summed E-state index contributed by atoms with van der Waals surface area (Å²) in [6, 6.07) is 9.95. The molecule has 0 bridgehead atoms. The van der Waals surface area contributed by atoms with Gasteiger partial charge in [0, 0.05) is 17.7 Å². The molecule has 0 aliphatic rings. The largest absolute Gasteiger partial charge is 0.502 e. The van der Waals surface area contributed by atoms with E-state index in [1.807, 2.05) is 0 Å². The van der Waals surface area contributed by atoms with E-state index in [-0.39, 0.29) is 33.6 Å². The summed E-state index contributed by atoms with van der Waals surface area (Å²) < 4.78 is 21.2. The Kier molecular flexibility index (Phi) is 4.04. The summed E-state index contributed by atoms with van der Waals surface area (Å²) in [6.07, 6.45) is 0. The molecular formula is C18H16O6. The first-order valence-corrected chi connectivity index (χ1v) is 7.15. The monoisotopic (exact) mass is 328 g/mol. The first kappa shape index (κ1) is 15.7. The second-order valence-corrected chi connectivity index (χ2v) is 5.04. The third kappa shape index (κ3) is 2.52. The van der Waals surface area contributed by atoms with Crippen LogP contribution in [-0.4, -0.2) is 26.4 Å². The van der Waals surface area contributed by atoms with Crippen LogP contribution in [0, 0.1) is 0 Å². The van der Waals surface area contributed by atoms with Crippen LogP contribution < -0.4 is 19.6 Å². The lowest BCUT2D eigenvalue weighted by molar-refractivity contribution is 0.342. The summed E-state index contributed by atoms with van der Waals surface area (Å²) in [5.74, 6) is 1.05. The molecule has 0 radical (unpaired) electrons. The minimum Gasteiger partial charge on any atom is -0.502 e. The number of fused-ring (bicyclic) bond motifs is 1. The van der Waals surface area contributed by atoms with Crippen molar-refractivity contribution in [2.75, 3.05) is 21.3 Å². The second kappa shape index (κ2) is 6.16. The fourth-order valence-electron chi connectivity index (χ4n) is 2.51. The molecule has 1 heterocycles. The van der Waals surface area contributed by atoms with Crippen LogP contribution in [0.4, 0.5) is 0 Å². The van der Waals surface area contributed by atoms with Gasteiger partial charge in [0.25, 0.3) is 0 Å². The van der Waals surface area contributed by atoms with Crippen molar-refractivity contribution >= 4 is 11.0 Å². The van der Waals surface area contributed by atoms with E-state index in [4.69, 9.17) is 18.6 Å². The fourth-order valence-corrected chi connectivity index (χ4v) is 2.51. The van der Waals surface area contributed by atoms with E-state index in [0.717, 1.165) is 5.56 Å². The zero-order valence-corrected chi connectivity index (χ0v) is 13.5. The molecule has 3 aromatic rings. The van der Waals surface area contributed by atoms with E-state index >= 15 is 0 Å². The van der Waals surface area contributed by atoms with Crippen molar-refractivity contribution in [1.29, 1.82) is 0 Å². The maximum absolute atomic E-state index is 12.5. The highest BCUT2D eigenvalue weighted by atomic mass is 16.5. The smallest absolute Gasteiger partial charge is 0.201 e. The first-order valence-electron chi connectivity index (χ1n) is 7.15. The van der Waals surface area contributed by atoms with Crippen LogP contribution >= 0.6 is 0 Å². The fraction of sp³-hybridized carbons (Fsp3) is 0.167. The van der Waals surface area contributed by atoms with Gasteiger partial charge in [-0.1, -0.05) is 0 Å². The van der Waals surface area contributed by atoms with Gasteiger partial charge in [-0.25, -0.2) is 0 Å². The Bertz CT molecular complexity index is 940. The van der Waals surface area contributed by atoms with Crippen molar-refractivity contribution in [3.05, 3.63) is 46.6 Å². The SMILES string of the molecule is COc1ccc(-c2cc(=O)c3c(OC)c(O)c(OC)cc3o2)cc1. The van der Waals surface area contributed by atoms with Crippen molar-refractivity contribution in [1.82, 2.24) is 0 Å².